The van der Waals surface area contributed by atoms with Gasteiger partial charge in [0.15, 0.2) is 0 Å². The summed E-state index contributed by atoms with van der Waals surface area (Å²) in [7, 11) is 5.25. The SMILES string of the molecule is C=CC(=O)OC(O)(CC)[N+](C)(C)C. The molecule has 76 valence electrons. The predicted molar refractivity (Wildman–Crippen MR) is 49.6 cm³/mol. The lowest BCUT2D eigenvalue weighted by molar-refractivity contribution is -0.976. The number of carbonyl (C=O) groups is 1. The molecule has 0 aliphatic carbocycles. The van der Waals surface area contributed by atoms with E-state index in [0.717, 1.165) is 6.08 Å². The van der Waals surface area contributed by atoms with Gasteiger partial charge >= 0.3 is 11.9 Å². The van der Waals surface area contributed by atoms with E-state index >= 15 is 0 Å². The second kappa shape index (κ2) is 3.89. The average molecular weight is 188 g/mol. The van der Waals surface area contributed by atoms with Gasteiger partial charge in [0, 0.05) is 6.08 Å². The topological polar surface area (TPSA) is 46.5 Å². The van der Waals surface area contributed by atoms with Crippen molar-refractivity contribution in [1.82, 2.24) is 0 Å². The van der Waals surface area contributed by atoms with Crippen LogP contribution < -0.4 is 0 Å². The molecule has 0 aromatic rings. The average Bonchev–Trinajstić information content (AvgIpc) is 2.02. The largest absolute Gasteiger partial charge is 0.381 e. The van der Waals surface area contributed by atoms with Crippen molar-refractivity contribution in [2.45, 2.75) is 19.3 Å². The van der Waals surface area contributed by atoms with Gasteiger partial charge in [-0.05, 0) is 0 Å². The lowest BCUT2D eigenvalue weighted by Gasteiger charge is -2.39. The van der Waals surface area contributed by atoms with Crippen LogP contribution in [0.2, 0.25) is 0 Å². The normalized spacial score (nSPS) is 16.1. The number of aliphatic hydroxyl groups is 1. The third-order valence-electron chi connectivity index (χ3n) is 1.94. The first-order valence-electron chi connectivity index (χ1n) is 4.16. The van der Waals surface area contributed by atoms with E-state index in [0.29, 0.717) is 6.42 Å². The summed E-state index contributed by atoms with van der Waals surface area (Å²) in [6.45, 7) is 5.02. The van der Waals surface area contributed by atoms with E-state index in [1.165, 1.54) is 0 Å². The standard InChI is InChI=1S/C9H18NO3/c1-6-8(11)13-9(12,7-2)10(3,4)5/h6,12H,1,7H2,2-5H3/q+1. The molecular weight excluding hydrogens is 170 g/mol. The molecule has 0 bridgehead atoms. The Kier molecular flexibility index (Phi) is 3.63. The Morgan fingerprint density at radius 3 is 2.31 bits per heavy atom. The maximum Gasteiger partial charge on any atom is 0.360 e. The molecule has 0 aromatic carbocycles. The van der Waals surface area contributed by atoms with Crippen molar-refractivity contribution < 1.29 is 19.1 Å². The van der Waals surface area contributed by atoms with Gasteiger partial charge in [0.2, 0.25) is 0 Å². The molecule has 0 aliphatic heterocycles. The third kappa shape index (κ3) is 2.82. The van der Waals surface area contributed by atoms with Crippen molar-refractivity contribution >= 4 is 5.97 Å². The van der Waals surface area contributed by atoms with E-state index in [1.807, 2.05) is 0 Å². The third-order valence-corrected chi connectivity index (χ3v) is 1.94. The summed E-state index contributed by atoms with van der Waals surface area (Å²) in [5, 5.41) is 9.94. The van der Waals surface area contributed by atoms with E-state index in [1.54, 1.807) is 28.1 Å². The predicted octanol–water partition coefficient (Wildman–Crippen LogP) is 0.478. The quantitative estimate of drug-likeness (QED) is 0.302. The fraction of sp³-hybridized carbons (Fsp3) is 0.667. The maximum absolute atomic E-state index is 10.9. The van der Waals surface area contributed by atoms with Crippen LogP contribution in [0, 0.1) is 0 Å². The van der Waals surface area contributed by atoms with Crippen LogP contribution in [0.3, 0.4) is 0 Å². The second-order valence-electron chi connectivity index (χ2n) is 3.73. The van der Waals surface area contributed by atoms with Crippen molar-refractivity contribution in [3.63, 3.8) is 0 Å². The molecule has 0 heterocycles. The van der Waals surface area contributed by atoms with Gasteiger partial charge in [-0.3, -0.25) is 4.48 Å². The van der Waals surface area contributed by atoms with E-state index in [2.05, 4.69) is 6.58 Å². The van der Waals surface area contributed by atoms with Crippen molar-refractivity contribution in [3.8, 4) is 0 Å². The highest BCUT2D eigenvalue weighted by Gasteiger charge is 2.43. The molecule has 0 aromatic heterocycles. The van der Waals surface area contributed by atoms with Gasteiger partial charge in [-0.25, -0.2) is 4.79 Å². The molecule has 4 heteroatoms. The Morgan fingerprint density at radius 1 is 1.62 bits per heavy atom. The molecule has 13 heavy (non-hydrogen) atoms. The number of quaternary nitrogens is 1. The fourth-order valence-corrected chi connectivity index (χ4v) is 0.886. The van der Waals surface area contributed by atoms with Gasteiger partial charge < -0.3 is 9.84 Å². The molecule has 0 radical (unpaired) electrons. The van der Waals surface area contributed by atoms with Crippen LogP contribution in [0.5, 0.6) is 0 Å². The van der Waals surface area contributed by atoms with Crippen molar-refractivity contribution in [2.24, 2.45) is 0 Å². The van der Waals surface area contributed by atoms with E-state index in [9.17, 15) is 9.90 Å². The first-order chi connectivity index (χ1) is 5.77. The lowest BCUT2D eigenvalue weighted by Crippen LogP contribution is -2.59. The summed E-state index contributed by atoms with van der Waals surface area (Å²) in [6, 6.07) is 0. The Balaban J connectivity index is 4.65. The number of esters is 1. The minimum absolute atomic E-state index is 0.142. The molecule has 4 nitrogen and oxygen atoms in total. The number of rotatable bonds is 4. The molecular formula is C9H18NO3+. The van der Waals surface area contributed by atoms with E-state index in [-0.39, 0.29) is 4.48 Å². The highest BCUT2D eigenvalue weighted by molar-refractivity contribution is 5.81. The lowest BCUT2D eigenvalue weighted by atomic mass is 10.3. The highest BCUT2D eigenvalue weighted by atomic mass is 16.7. The van der Waals surface area contributed by atoms with Gasteiger partial charge in [-0.15, -0.1) is 0 Å². The van der Waals surface area contributed by atoms with Crippen molar-refractivity contribution in [3.05, 3.63) is 12.7 Å². The molecule has 0 saturated heterocycles. The molecule has 0 fully saturated rings. The van der Waals surface area contributed by atoms with E-state index in [4.69, 9.17) is 4.74 Å². The summed E-state index contributed by atoms with van der Waals surface area (Å²) in [6.07, 6.45) is 1.37. The van der Waals surface area contributed by atoms with Gasteiger partial charge in [0.05, 0.1) is 27.6 Å². The van der Waals surface area contributed by atoms with Crippen LogP contribution in [-0.2, 0) is 9.53 Å². The zero-order chi connectivity index (χ0) is 10.7. The number of nitrogens with zero attached hydrogens (tertiary/aromatic N) is 1. The van der Waals surface area contributed by atoms with Crippen LogP contribution >= 0.6 is 0 Å². The molecule has 1 unspecified atom stereocenters. The van der Waals surface area contributed by atoms with Crippen LogP contribution in [0.1, 0.15) is 13.3 Å². The molecule has 1 N–H and O–H groups in total. The number of carbonyl (C=O) groups excluding carboxylic acids is 1. The maximum atomic E-state index is 10.9. The van der Waals surface area contributed by atoms with E-state index < -0.39 is 11.9 Å². The number of hydrogen-bond acceptors (Lipinski definition) is 3. The Morgan fingerprint density at radius 2 is 2.08 bits per heavy atom. The molecule has 0 amide bonds. The molecule has 1 atom stereocenters. The highest BCUT2D eigenvalue weighted by Crippen LogP contribution is 2.21. The summed E-state index contributed by atoms with van der Waals surface area (Å²) < 4.78 is 5.01. The summed E-state index contributed by atoms with van der Waals surface area (Å²) in [5.41, 5.74) is 0. The van der Waals surface area contributed by atoms with Gasteiger partial charge in [-0.1, -0.05) is 13.5 Å². The summed E-state index contributed by atoms with van der Waals surface area (Å²) >= 11 is 0. The second-order valence-corrected chi connectivity index (χ2v) is 3.73. The van der Waals surface area contributed by atoms with Crippen LogP contribution in [-0.4, -0.2) is 42.6 Å². The Hall–Kier alpha value is -0.870. The zero-order valence-electron chi connectivity index (χ0n) is 8.70. The van der Waals surface area contributed by atoms with Crippen LogP contribution in [0.15, 0.2) is 12.7 Å². The van der Waals surface area contributed by atoms with Crippen LogP contribution in [0.4, 0.5) is 0 Å². The first-order valence-corrected chi connectivity index (χ1v) is 4.16. The van der Waals surface area contributed by atoms with Gasteiger partial charge in [0.1, 0.15) is 0 Å². The first kappa shape index (κ1) is 12.1. The smallest absolute Gasteiger partial charge is 0.360 e. The summed E-state index contributed by atoms with van der Waals surface area (Å²) in [5.74, 6) is -2.09. The monoisotopic (exact) mass is 188 g/mol. The minimum Gasteiger partial charge on any atom is -0.381 e. The molecule has 0 aliphatic rings. The molecule has 0 saturated carbocycles. The van der Waals surface area contributed by atoms with Crippen LogP contribution in [0.25, 0.3) is 0 Å². The van der Waals surface area contributed by atoms with Gasteiger partial charge in [0.25, 0.3) is 0 Å². The number of hydrogen-bond donors (Lipinski definition) is 1. The van der Waals surface area contributed by atoms with Gasteiger partial charge in [-0.2, -0.15) is 0 Å². The summed E-state index contributed by atoms with van der Waals surface area (Å²) in [4.78, 5) is 10.9. The Bertz CT molecular complexity index is 207. The Labute approximate surface area is 79.0 Å². The fourth-order valence-electron chi connectivity index (χ4n) is 0.886. The van der Waals surface area contributed by atoms with Crippen molar-refractivity contribution in [1.29, 1.82) is 0 Å². The molecule has 0 spiro atoms. The molecule has 0 rings (SSSR count). The number of ether oxygens (including phenoxy) is 1. The zero-order valence-corrected chi connectivity index (χ0v) is 8.70. The minimum atomic E-state index is -1.48. The van der Waals surface area contributed by atoms with Crippen molar-refractivity contribution in [2.75, 3.05) is 21.1 Å².